The topological polar surface area (TPSA) is 83.6 Å². The number of carbonyl (C=O) groups excluding carboxylic acids is 1. The van der Waals surface area contributed by atoms with Gasteiger partial charge >= 0.3 is 5.97 Å². The molecule has 3 aromatic rings. The summed E-state index contributed by atoms with van der Waals surface area (Å²) in [5.74, 6) is -1.44. The minimum Gasteiger partial charge on any atom is -0.481 e. The minimum atomic E-state index is -1.03. The Morgan fingerprint density at radius 1 is 1.30 bits per heavy atom. The van der Waals surface area contributed by atoms with Gasteiger partial charge in [-0.15, -0.1) is 11.3 Å². The molecule has 6 nitrogen and oxygen atoms in total. The lowest BCUT2D eigenvalue weighted by molar-refractivity contribution is -0.140. The third-order valence-electron chi connectivity index (χ3n) is 4.85. The van der Waals surface area contributed by atoms with Crippen LogP contribution < -0.4 is 4.90 Å². The van der Waals surface area contributed by atoms with Crippen LogP contribution in [0.3, 0.4) is 0 Å². The van der Waals surface area contributed by atoms with Gasteiger partial charge in [0.15, 0.2) is 5.13 Å². The Bertz CT molecular complexity index is 1060. The first-order valence-electron chi connectivity index (χ1n) is 9.40. The molecule has 0 unspecified atom stereocenters. The van der Waals surface area contributed by atoms with Gasteiger partial charge in [0.1, 0.15) is 5.76 Å². The monoisotopic (exact) mass is 464 g/mol. The van der Waals surface area contributed by atoms with Crippen LogP contribution in [0.2, 0.25) is 10.0 Å². The Morgan fingerprint density at radius 3 is 2.77 bits per heavy atom. The normalized spacial score (nSPS) is 14.5. The summed E-state index contributed by atoms with van der Waals surface area (Å²) in [6, 6.07) is 8.62. The molecule has 4 rings (SSSR count). The van der Waals surface area contributed by atoms with E-state index in [-0.39, 0.29) is 24.8 Å². The zero-order valence-corrected chi connectivity index (χ0v) is 18.1. The van der Waals surface area contributed by atoms with Crippen LogP contribution in [-0.2, 0) is 16.0 Å². The van der Waals surface area contributed by atoms with Crippen molar-refractivity contribution < 1.29 is 19.1 Å². The number of halogens is 2. The van der Waals surface area contributed by atoms with Crippen LogP contribution in [0.1, 0.15) is 25.0 Å². The molecule has 1 aromatic carbocycles. The second kappa shape index (κ2) is 8.79. The Labute approximate surface area is 187 Å². The second-order valence-electron chi connectivity index (χ2n) is 7.16. The highest BCUT2D eigenvalue weighted by Crippen LogP contribution is 2.39. The average molecular weight is 465 g/mol. The molecule has 9 heteroatoms. The molecule has 1 aliphatic rings. The van der Waals surface area contributed by atoms with E-state index in [2.05, 4.69) is 4.98 Å². The molecule has 0 radical (unpaired) electrons. The summed E-state index contributed by atoms with van der Waals surface area (Å²) in [4.78, 5) is 31.1. The van der Waals surface area contributed by atoms with Gasteiger partial charge in [0.05, 0.1) is 29.3 Å². The Kier molecular flexibility index (Phi) is 6.13. The van der Waals surface area contributed by atoms with E-state index in [9.17, 15) is 14.7 Å². The van der Waals surface area contributed by atoms with E-state index in [0.717, 1.165) is 12.8 Å². The SMILES string of the molecule is O=C(O)C[C@@H](Cc1ccco1)C(=O)N(c1nc(-c2cc(Cl)ccc2Cl)cs1)C1CC1. The number of rotatable bonds is 8. The van der Waals surface area contributed by atoms with E-state index in [4.69, 9.17) is 27.6 Å². The van der Waals surface area contributed by atoms with Crippen molar-refractivity contribution in [3.05, 3.63) is 57.8 Å². The van der Waals surface area contributed by atoms with Crippen molar-refractivity contribution in [3.8, 4) is 11.3 Å². The average Bonchev–Trinajstić information content (AvgIpc) is 3.18. The molecule has 0 aliphatic heterocycles. The molecule has 1 saturated carbocycles. The van der Waals surface area contributed by atoms with Crippen molar-refractivity contribution >= 4 is 51.5 Å². The number of carboxylic acid groups (broad SMARTS) is 1. The van der Waals surface area contributed by atoms with Gasteiger partial charge < -0.3 is 9.52 Å². The van der Waals surface area contributed by atoms with Gasteiger partial charge in [-0.2, -0.15) is 0 Å². The predicted molar refractivity (Wildman–Crippen MR) is 116 cm³/mol. The minimum absolute atomic E-state index is 0.0271. The molecular weight excluding hydrogens is 447 g/mol. The quantitative estimate of drug-likeness (QED) is 0.472. The lowest BCUT2D eigenvalue weighted by Crippen LogP contribution is -2.39. The maximum atomic E-state index is 13.4. The van der Waals surface area contributed by atoms with Crippen LogP contribution in [0.15, 0.2) is 46.4 Å². The number of anilines is 1. The molecule has 2 aromatic heterocycles. The van der Waals surface area contributed by atoms with E-state index in [1.165, 1.54) is 17.6 Å². The third kappa shape index (κ3) is 4.69. The van der Waals surface area contributed by atoms with Gasteiger partial charge in [-0.05, 0) is 43.2 Å². The summed E-state index contributed by atoms with van der Waals surface area (Å²) in [5.41, 5.74) is 1.31. The maximum Gasteiger partial charge on any atom is 0.304 e. The lowest BCUT2D eigenvalue weighted by atomic mass is 9.98. The highest BCUT2D eigenvalue weighted by Gasteiger charge is 2.39. The summed E-state index contributed by atoms with van der Waals surface area (Å²) < 4.78 is 5.34. The van der Waals surface area contributed by atoms with E-state index in [1.807, 2.05) is 5.38 Å². The number of hydrogen-bond donors (Lipinski definition) is 1. The molecule has 0 saturated heterocycles. The van der Waals surface area contributed by atoms with Crippen LogP contribution in [0.4, 0.5) is 5.13 Å². The molecule has 1 aliphatic carbocycles. The lowest BCUT2D eigenvalue weighted by Gasteiger charge is -2.24. The smallest absolute Gasteiger partial charge is 0.304 e. The first-order valence-corrected chi connectivity index (χ1v) is 11.0. The molecule has 30 heavy (non-hydrogen) atoms. The van der Waals surface area contributed by atoms with Gasteiger partial charge in [-0.25, -0.2) is 4.98 Å². The number of aliphatic carboxylic acids is 1. The largest absolute Gasteiger partial charge is 0.481 e. The summed E-state index contributed by atoms with van der Waals surface area (Å²) in [7, 11) is 0. The predicted octanol–water partition coefficient (Wildman–Crippen LogP) is 5.54. The number of aromatic nitrogens is 1. The van der Waals surface area contributed by atoms with E-state index >= 15 is 0 Å². The number of carbonyl (C=O) groups is 2. The summed E-state index contributed by atoms with van der Waals surface area (Å²) in [6.45, 7) is 0. The summed E-state index contributed by atoms with van der Waals surface area (Å²) in [6.07, 6.45) is 3.18. The molecule has 1 fully saturated rings. The standard InChI is InChI=1S/C21H18Cl2N2O4S/c22-13-3-6-17(23)16(10-13)18-11-30-21(24-18)25(14-4-5-14)20(28)12(9-19(26)27)8-15-2-1-7-29-15/h1-3,6-7,10-12,14H,4-5,8-9H2,(H,26,27)/t12-/m1/s1. The molecular formula is C21H18Cl2N2O4S. The number of furan rings is 1. The number of benzene rings is 1. The number of nitrogens with zero attached hydrogens (tertiary/aromatic N) is 2. The fourth-order valence-corrected chi connectivity index (χ4v) is 4.57. The molecule has 1 N–H and O–H groups in total. The van der Waals surface area contributed by atoms with E-state index < -0.39 is 11.9 Å². The first-order chi connectivity index (χ1) is 14.4. The van der Waals surface area contributed by atoms with Crippen molar-refractivity contribution in [1.82, 2.24) is 4.98 Å². The molecule has 156 valence electrons. The number of hydrogen-bond acceptors (Lipinski definition) is 5. The molecule has 2 heterocycles. The van der Waals surface area contributed by atoms with Crippen molar-refractivity contribution in [2.45, 2.75) is 31.7 Å². The fraction of sp³-hybridized carbons (Fsp3) is 0.286. The van der Waals surface area contributed by atoms with Crippen LogP contribution >= 0.6 is 34.5 Å². The molecule has 0 spiro atoms. The number of thiazole rings is 1. The Hall–Kier alpha value is -2.35. The highest BCUT2D eigenvalue weighted by molar-refractivity contribution is 7.14. The summed E-state index contributed by atoms with van der Waals surface area (Å²) >= 11 is 13.7. The van der Waals surface area contributed by atoms with Crippen LogP contribution in [0, 0.1) is 5.92 Å². The van der Waals surface area contributed by atoms with Gasteiger partial charge in [-0.3, -0.25) is 14.5 Å². The van der Waals surface area contributed by atoms with Crippen molar-refractivity contribution in [2.75, 3.05) is 4.90 Å². The van der Waals surface area contributed by atoms with Gasteiger partial charge in [-0.1, -0.05) is 23.2 Å². The van der Waals surface area contributed by atoms with Gasteiger partial charge in [0.2, 0.25) is 5.91 Å². The number of carboxylic acids is 1. The van der Waals surface area contributed by atoms with Crippen molar-refractivity contribution in [2.24, 2.45) is 5.92 Å². The van der Waals surface area contributed by atoms with Crippen LogP contribution in [0.5, 0.6) is 0 Å². The second-order valence-corrected chi connectivity index (χ2v) is 8.84. The van der Waals surface area contributed by atoms with Crippen LogP contribution in [-0.4, -0.2) is 28.0 Å². The molecule has 0 bridgehead atoms. The van der Waals surface area contributed by atoms with Crippen LogP contribution in [0.25, 0.3) is 11.3 Å². The van der Waals surface area contributed by atoms with Crippen molar-refractivity contribution in [1.29, 1.82) is 0 Å². The van der Waals surface area contributed by atoms with E-state index in [0.29, 0.717) is 32.2 Å². The third-order valence-corrected chi connectivity index (χ3v) is 6.25. The summed E-state index contributed by atoms with van der Waals surface area (Å²) in [5, 5.41) is 12.8. The molecule has 1 atom stereocenters. The fourth-order valence-electron chi connectivity index (χ4n) is 3.28. The Balaban J connectivity index is 1.63. The zero-order chi connectivity index (χ0) is 21.3. The molecule has 1 amide bonds. The van der Waals surface area contributed by atoms with Gasteiger partial charge in [0.25, 0.3) is 0 Å². The number of amides is 1. The highest BCUT2D eigenvalue weighted by atomic mass is 35.5. The van der Waals surface area contributed by atoms with E-state index in [1.54, 1.807) is 35.2 Å². The Morgan fingerprint density at radius 2 is 2.10 bits per heavy atom. The van der Waals surface area contributed by atoms with Crippen molar-refractivity contribution in [3.63, 3.8) is 0 Å². The first kappa shape index (κ1) is 20.9. The maximum absolute atomic E-state index is 13.4. The van der Waals surface area contributed by atoms with Gasteiger partial charge in [0, 0.05) is 28.4 Å². The zero-order valence-electron chi connectivity index (χ0n) is 15.8.